The minimum atomic E-state index is -3.33. The molecule has 2 aromatic rings. The van der Waals surface area contributed by atoms with Gasteiger partial charge in [0.25, 0.3) is 0 Å². The maximum absolute atomic E-state index is 12.2. The third-order valence-corrected chi connectivity index (χ3v) is 5.20. The van der Waals surface area contributed by atoms with E-state index in [0.29, 0.717) is 36.6 Å². The Hall–Kier alpha value is -2.74. The molecule has 2 amide bonds. The summed E-state index contributed by atoms with van der Waals surface area (Å²) in [5.41, 5.74) is 2.73. The van der Waals surface area contributed by atoms with Gasteiger partial charge in [-0.1, -0.05) is 6.07 Å². The van der Waals surface area contributed by atoms with Crippen LogP contribution in [-0.2, 0) is 16.4 Å². The maximum Gasteiger partial charge on any atom is 0.323 e. The molecular formula is C18H21N3O4S. The Balaban J connectivity index is 1.68. The largest absolute Gasteiger partial charge is 0.494 e. The van der Waals surface area contributed by atoms with Crippen LogP contribution >= 0.6 is 0 Å². The van der Waals surface area contributed by atoms with Crippen LogP contribution in [0.25, 0.3) is 0 Å². The normalized spacial score (nSPS) is 13.2. The Kier molecular flexibility index (Phi) is 5.03. The fourth-order valence-corrected chi connectivity index (χ4v) is 3.82. The number of anilines is 3. The number of sulfonamides is 1. The molecule has 1 heterocycles. The van der Waals surface area contributed by atoms with Crippen LogP contribution in [0, 0.1) is 0 Å². The monoisotopic (exact) mass is 375 g/mol. The highest BCUT2D eigenvalue weighted by Gasteiger charge is 2.26. The summed E-state index contributed by atoms with van der Waals surface area (Å²) in [6.07, 6.45) is 1.85. The molecule has 138 valence electrons. The van der Waals surface area contributed by atoms with Crippen LogP contribution in [0.15, 0.2) is 42.5 Å². The molecular weight excluding hydrogens is 354 g/mol. The van der Waals surface area contributed by atoms with Crippen LogP contribution in [0.5, 0.6) is 5.75 Å². The summed E-state index contributed by atoms with van der Waals surface area (Å²) in [4.78, 5) is 12.2. The van der Waals surface area contributed by atoms with Crippen molar-refractivity contribution >= 4 is 33.1 Å². The van der Waals surface area contributed by atoms with Crippen molar-refractivity contribution in [3.05, 3.63) is 48.0 Å². The summed E-state index contributed by atoms with van der Waals surface area (Å²) < 4.78 is 30.4. The first-order valence-corrected chi connectivity index (χ1v) is 10.1. The van der Waals surface area contributed by atoms with Gasteiger partial charge in [-0.3, -0.25) is 4.31 Å². The van der Waals surface area contributed by atoms with E-state index in [2.05, 4.69) is 10.6 Å². The third kappa shape index (κ3) is 4.08. The van der Waals surface area contributed by atoms with Gasteiger partial charge in [0.2, 0.25) is 10.0 Å². The van der Waals surface area contributed by atoms with Crippen molar-refractivity contribution in [1.29, 1.82) is 0 Å². The van der Waals surface area contributed by atoms with Gasteiger partial charge >= 0.3 is 6.03 Å². The Morgan fingerprint density at radius 1 is 1.12 bits per heavy atom. The average Bonchev–Trinajstić information content (AvgIpc) is 3.00. The van der Waals surface area contributed by atoms with E-state index < -0.39 is 16.1 Å². The molecule has 0 spiro atoms. The van der Waals surface area contributed by atoms with Gasteiger partial charge in [0, 0.05) is 17.9 Å². The number of carbonyl (C=O) groups excluding carboxylic acids is 1. The van der Waals surface area contributed by atoms with Gasteiger partial charge in [0.15, 0.2) is 0 Å². The first-order valence-electron chi connectivity index (χ1n) is 8.28. The van der Waals surface area contributed by atoms with Crippen LogP contribution in [0.2, 0.25) is 0 Å². The number of rotatable bonds is 5. The predicted molar refractivity (Wildman–Crippen MR) is 103 cm³/mol. The van der Waals surface area contributed by atoms with E-state index >= 15 is 0 Å². The fraction of sp³-hybridized carbons (Fsp3) is 0.278. The van der Waals surface area contributed by atoms with E-state index in [4.69, 9.17) is 4.74 Å². The summed E-state index contributed by atoms with van der Waals surface area (Å²) in [5, 5.41) is 5.46. The highest BCUT2D eigenvalue weighted by molar-refractivity contribution is 7.92. The number of amides is 2. The van der Waals surface area contributed by atoms with Crippen LogP contribution in [-0.4, -0.2) is 33.9 Å². The molecule has 0 unspecified atom stereocenters. The number of fused-ring (bicyclic) bond motifs is 1. The molecule has 26 heavy (non-hydrogen) atoms. The molecule has 0 atom stereocenters. The Morgan fingerprint density at radius 2 is 1.77 bits per heavy atom. The second-order valence-corrected chi connectivity index (χ2v) is 7.87. The third-order valence-electron chi connectivity index (χ3n) is 4.02. The number of ether oxygens (including phenoxy) is 1. The Labute approximate surface area is 153 Å². The number of nitrogens with zero attached hydrogens (tertiary/aromatic N) is 1. The smallest absolute Gasteiger partial charge is 0.323 e. The molecule has 0 radical (unpaired) electrons. The SMILES string of the molecule is CCOc1ccc(NC(=O)Nc2ccc3c(c2)N(S(C)(=O)=O)CC3)cc1. The lowest BCUT2D eigenvalue weighted by molar-refractivity contribution is 0.262. The molecule has 7 nitrogen and oxygen atoms in total. The van der Waals surface area contributed by atoms with Crippen molar-refractivity contribution in [1.82, 2.24) is 0 Å². The summed E-state index contributed by atoms with van der Waals surface area (Å²) >= 11 is 0. The quantitative estimate of drug-likeness (QED) is 0.841. The zero-order valence-electron chi connectivity index (χ0n) is 14.7. The second-order valence-electron chi connectivity index (χ2n) is 5.97. The van der Waals surface area contributed by atoms with Gasteiger partial charge in [-0.2, -0.15) is 0 Å². The second kappa shape index (κ2) is 7.25. The molecule has 1 aliphatic heterocycles. The van der Waals surface area contributed by atoms with Crippen LogP contribution < -0.4 is 19.7 Å². The zero-order chi connectivity index (χ0) is 18.7. The molecule has 0 aliphatic carbocycles. The summed E-state index contributed by atoms with van der Waals surface area (Å²) in [6, 6.07) is 11.9. The van der Waals surface area contributed by atoms with Crippen LogP contribution in [0.4, 0.5) is 21.9 Å². The highest BCUT2D eigenvalue weighted by atomic mass is 32.2. The average molecular weight is 375 g/mol. The molecule has 8 heteroatoms. The molecule has 0 saturated heterocycles. The molecule has 2 aromatic carbocycles. The lowest BCUT2D eigenvalue weighted by atomic mass is 10.1. The van der Waals surface area contributed by atoms with E-state index in [-0.39, 0.29) is 0 Å². The molecule has 3 rings (SSSR count). The Bertz CT molecular complexity index is 911. The molecule has 0 bridgehead atoms. The Morgan fingerprint density at radius 3 is 2.42 bits per heavy atom. The lowest BCUT2D eigenvalue weighted by Gasteiger charge is -2.17. The van der Waals surface area contributed by atoms with E-state index in [1.807, 2.05) is 13.0 Å². The number of carbonyl (C=O) groups is 1. The number of nitrogens with one attached hydrogen (secondary N) is 2. The topological polar surface area (TPSA) is 87.7 Å². The molecule has 0 fully saturated rings. The van der Waals surface area contributed by atoms with Gasteiger partial charge in [0.1, 0.15) is 5.75 Å². The van der Waals surface area contributed by atoms with E-state index in [1.165, 1.54) is 10.6 Å². The van der Waals surface area contributed by atoms with E-state index in [9.17, 15) is 13.2 Å². The van der Waals surface area contributed by atoms with Gasteiger partial charge in [-0.25, -0.2) is 13.2 Å². The molecule has 1 aliphatic rings. The summed E-state index contributed by atoms with van der Waals surface area (Å²) in [6.45, 7) is 2.91. The van der Waals surface area contributed by atoms with Crippen molar-refractivity contribution in [3.8, 4) is 5.75 Å². The summed E-state index contributed by atoms with van der Waals surface area (Å²) in [7, 11) is -3.33. The maximum atomic E-state index is 12.2. The van der Waals surface area contributed by atoms with Crippen molar-refractivity contribution in [2.24, 2.45) is 0 Å². The standard InChI is InChI=1S/C18H21N3O4S/c1-3-25-16-8-6-14(7-9-16)19-18(22)20-15-5-4-13-10-11-21(17(13)12-15)26(2,23)24/h4-9,12H,3,10-11H2,1-2H3,(H2,19,20,22). The molecule has 0 aromatic heterocycles. The van der Waals surface area contributed by atoms with Crippen molar-refractivity contribution in [2.45, 2.75) is 13.3 Å². The molecule has 0 saturated carbocycles. The minimum Gasteiger partial charge on any atom is -0.494 e. The number of benzene rings is 2. The first-order chi connectivity index (χ1) is 12.4. The zero-order valence-corrected chi connectivity index (χ0v) is 15.5. The van der Waals surface area contributed by atoms with Gasteiger partial charge in [-0.05, 0) is 55.3 Å². The van der Waals surface area contributed by atoms with Gasteiger partial charge in [0.05, 0.1) is 18.6 Å². The number of urea groups is 1. The minimum absolute atomic E-state index is 0.405. The van der Waals surface area contributed by atoms with E-state index in [0.717, 1.165) is 11.3 Å². The van der Waals surface area contributed by atoms with Crippen molar-refractivity contribution < 1.29 is 17.9 Å². The van der Waals surface area contributed by atoms with Gasteiger partial charge < -0.3 is 15.4 Å². The fourth-order valence-electron chi connectivity index (χ4n) is 2.87. The van der Waals surface area contributed by atoms with Crippen molar-refractivity contribution in [3.63, 3.8) is 0 Å². The predicted octanol–water partition coefficient (Wildman–Crippen LogP) is 3.05. The van der Waals surface area contributed by atoms with Gasteiger partial charge in [-0.15, -0.1) is 0 Å². The number of hydrogen-bond acceptors (Lipinski definition) is 4. The van der Waals surface area contributed by atoms with E-state index in [1.54, 1.807) is 36.4 Å². The first kappa shape index (κ1) is 18.1. The number of hydrogen-bond donors (Lipinski definition) is 2. The lowest BCUT2D eigenvalue weighted by Crippen LogP contribution is -2.27. The van der Waals surface area contributed by atoms with Crippen LogP contribution in [0.1, 0.15) is 12.5 Å². The van der Waals surface area contributed by atoms with Crippen LogP contribution in [0.3, 0.4) is 0 Å². The molecule has 2 N–H and O–H groups in total. The van der Waals surface area contributed by atoms with Crippen molar-refractivity contribution in [2.75, 3.05) is 34.3 Å². The summed E-state index contributed by atoms with van der Waals surface area (Å²) in [5.74, 6) is 0.734. The highest BCUT2D eigenvalue weighted by Crippen LogP contribution is 2.32.